The minimum Gasteiger partial charge on any atom is -0.260 e. The van der Waals surface area contributed by atoms with E-state index in [1.54, 1.807) is 0 Å². The highest BCUT2D eigenvalue weighted by Gasteiger charge is 2.42. The first-order chi connectivity index (χ1) is 8.47. The van der Waals surface area contributed by atoms with Gasteiger partial charge < -0.3 is 0 Å². The average Bonchev–Trinajstić information content (AvgIpc) is 3.08. The van der Waals surface area contributed by atoms with Crippen LogP contribution in [-0.2, 0) is 10.0 Å². The van der Waals surface area contributed by atoms with Gasteiger partial charge in [-0.05, 0) is 30.7 Å². The van der Waals surface area contributed by atoms with E-state index in [-0.39, 0.29) is 10.3 Å². The van der Waals surface area contributed by atoms with Crippen molar-refractivity contribution in [3.63, 3.8) is 0 Å². The predicted molar refractivity (Wildman–Crippen MR) is 66.4 cm³/mol. The van der Waals surface area contributed by atoms with Crippen molar-refractivity contribution in [2.45, 2.75) is 24.2 Å². The monoisotopic (exact) mass is 292 g/mol. The standard InChI is InChI=1S/C11H14ClFN2O2S/c12-4-3-11(1-2-11)8-15-18(16,17)10-5-9(13)6-14-7-10/h5-7,15H,1-4,8H2. The van der Waals surface area contributed by atoms with E-state index in [0.717, 1.165) is 37.7 Å². The Morgan fingerprint density at radius 1 is 1.44 bits per heavy atom. The number of halogens is 2. The number of pyridine rings is 1. The second-order valence-corrected chi connectivity index (χ2v) is 6.75. The number of alkyl halides is 1. The zero-order valence-corrected chi connectivity index (χ0v) is 11.3. The van der Waals surface area contributed by atoms with E-state index in [9.17, 15) is 12.8 Å². The number of hydrogen-bond acceptors (Lipinski definition) is 3. The molecule has 1 saturated carbocycles. The van der Waals surface area contributed by atoms with Crippen molar-refractivity contribution in [2.24, 2.45) is 5.41 Å². The Labute approximate surface area is 111 Å². The Morgan fingerprint density at radius 3 is 2.72 bits per heavy atom. The molecular formula is C11H14ClFN2O2S. The highest BCUT2D eigenvalue weighted by molar-refractivity contribution is 7.89. The maximum absolute atomic E-state index is 12.9. The minimum atomic E-state index is -3.69. The summed E-state index contributed by atoms with van der Waals surface area (Å²) in [5.74, 6) is -0.150. The molecule has 0 bridgehead atoms. The van der Waals surface area contributed by atoms with Crippen LogP contribution in [0.2, 0.25) is 0 Å². The summed E-state index contributed by atoms with van der Waals surface area (Å²) in [6.45, 7) is 0.346. The van der Waals surface area contributed by atoms with E-state index >= 15 is 0 Å². The third kappa shape index (κ3) is 3.18. The fourth-order valence-electron chi connectivity index (χ4n) is 1.76. The van der Waals surface area contributed by atoms with Crippen molar-refractivity contribution in [1.82, 2.24) is 9.71 Å². The summed E-state index contributed by atoms with van der Waals surface area (Å²) in [6, 6.07) is 0.955. The molecule has 1 heterocycles. The van der Waals surface area contributed by atoms with Gasteiger partial charge in [-0.3, -0.25) is 4.98 Å². The SMILES string of the molecule is O=S(=O)(NCC1(CCCl)CC1)c1cncc(F)c1. The molecule has 0 spiro atoms. The first-order valence-corrected chi connectivity index (χ1v) is 7.65. The molecule has 0 aliphatic heterocycles. The van der Waals surface area contributed by atoms with Gasteiger partial charge in [-0.2, -0.15) is 0 Å². The van der Waals surface area contributed by atoms with Gasteiger partial charge in [-0.25, -0.2) is 17.5 Å². The van der Waals surface area contributed by atoms with E-state index in [1.807, 2.05) is 0 Å². The van der Waals surface area contributed by atoms with Crippen LogP contribution in [0.25, 0.3) is 0 Å². The van der Waals surface area contributed by atoms with Gasteiger partial charge in [0.1, 0.15) is 10.7 Å². The van der Waals surface area contributed by atoms with Gasteiger partial charge in [-0.1, -0.05) is 0 Å². The molecule has 1 aromatic heterocycles. The lowest BCUT2D eigenvalue weighted by atomic mass is 10.1. The van der Waals surface area contributed by atoms with Gasteiger partial charge in [-0.15, -0.1) is 11.6 Å². The van der Waals surface area contributed by atoms with Crippen LogP contribution in [0.3, 0.4) is 0 Å². The zero-order valence-electron chi connectivity index (χ0n) is 9.70. The molecule has 1 N–H and O–H groups in total. The van der Waals surface area contributed by atoms with Crippen LogP contribution in [0.5, 0.6) is 0 Å². The lowest BCUT2D eigenvalue weighted by molar-refractivity contribution is 0.477. The molecule has 1 aliphatic rings. The van der Waals surface area contributed by atoms with E-state index < -0.39 is 15.8 Å². The normalized spacial score (nSPS) is 17.7. The van der Waals surface area contributed by atoms with Gasteiger partial charge in [0, 0.05) is 18.6 Å². The maximum atomic E-state index is 12.9. The molecule has 2 rings (SSSR count). The van der Waals surface area contributed by atoms with Crippen molar-refractivity contribution < 1.29 is 12.8 Å². The molecule has 0 radical (unpaired) electrons. The molecule has 0 amide bonds. The first kappa shape index (κ1) is 13.7. The smallest absolute Gasteiger partial charge is 0.242 e. The fourth-order valence-corrected chi connectivity index (χ4v) is 3.29. The minimum absolute atomic E-state index is 0.00439. The lowest BCUT2D eigenvalue weighted by Gasteiger charge is -2.14. The average molecular weight is 293 g/mol. The Hall–Kier alpha value is -0.720. The number of aromatic nitrogens is 1. The van der Waals surface area contributed by atoms with Crippen LogP contribution < -0.4 is 4.72 Å². The van der Waals surface area contributed by atoms with Crippen LogP contribution in [-0.4, -0.2) is 25.8 Å². The molecule has 1 fully saturated rings. The maximum Gasteiger partial charge on any atom is 0.242 e. The largest absolute Gasteiger partial charge is 0.260 e. The van der Waals surface area contributed by atoms with Crippen LogP contribution in [0.4, 0.5) is 4.39 Å². The Balaban J connectivity index is 2.04. The molecule has 0 atom stereocenters. The van der Waals surface area contributed by atoms with Gasteiger partial charge in [0.2, 0.25) is 10.0 Å². The van der Waals surface area contributed by atoms with Crippen LogP contribution in [0.1, 0.15) is 19.3 Å². The zero-order chi connectivity index (χ0) is 13.2. The summed E-state index contributed by atoms with van der Waals surface area (Å²) in [7, 11) is -3.69. The molecule has 7 heteroatoms. The van der Waals surface area contributed by atoms with E-state index in [2.05, 4.69) is 9.71 Å². The second-order valence-electron chi connectivity index (χ2n) is 4.60. The lowest BCUT2D eigenvalue weighted by Crippen LogP contribution is -2.30. The summed E-state index contributed by atoms with van der Waals surface area (Å²) in [6.07, 6.45) is 4.84. The summed E-state index contributed by atoms with van der Waals surface area (Å²) < 4.78 is 39.3. The molecule has 0 aromatic carbocycles. The van der Waals surface area contributed by atoms with Gasteiger partial charge in [0.25, 0.3) is 0 Å². The van der Waals surface area contributed by atoms with Gasteiger partial charge >= 0.3 is 0 Å². The number of hydrogen-bond donors (Lipinski definition) is 1. The van der Waals surface area contributed by atoms with Gasteiger partial charge in [0.05, 0.1) is 6.20 Å². The molecule has 18 heavy (non-hydrogen) atoms. The quantitative estimate of drug-likeness (QED) is 0.815. The molecule has 1 aromatic rings. The summed E-state index contributed by atoms with van der Waals surface area (Å²) >= 11 is 5.68. The molecule has 4 nitrogen and oxygen atoms in total. The Kier molecular flexibility index (Phi) is 3.89. The fraction of sp³-hybridized carbons (Fsp3) is 0.545. The number of sulfonamides is 1. The highest BCUT2D eigenvalue weighted by atomic mass is 35.5. The van der Waals surface area contributed by atoms with Crippen molar-refractivity contribution >= 4 is 21.6 Å². The van der Waals surface area contributed by atoms with E-state index in [1.165, 1.54) is 0 Å². The number of rotatable bonds is 6. The molecule has 100 valence electrons. The molecule has 0 saturated heterocycles. The molecule has 0 unspecified atom stereocenters. The summed E-state index contributed by atoms with van der Waals surface area (Å²) in [5.41, 5.74) is -0.00439. The van der Waals surface area contributed by atoms with Crippen LogP contribution >= 0.6 is 11.6 Å². The van der Waals surface area contributed by atoms with Gasteiger partial charge in [0.15, 0.2) is 0 Å². The predicted octanol–water partition coefficient (Wildman–Crippen LogP) is 1.91. The van der Waals surface area contributed by atoms with Crippen LogP contribution in [0, 0.1) is 11.2 Å². The molecule has 1 aliphatic carbocycles. The van der Waals surface area contributed by atoms with E-state index in [4.69, 9.17) is 11.6 Å². The third-order valence-corrected chi connectivity index (χ3v) is 4.77. The topological polar surface area (TPSA) is 59.1 Å². The summed E-state index contributed by atoms with van der Waals surface area (Å²) in [4.78, 5) is 3.38. The first-order valence-electron chi connectivity index (χ1n) is 5.64. The van der Waals surface area contributed by atoms with Crippen LogP contribution in [0.15, 0.2) is 23.4 Å². The number of nitrogens with one attached hydrogen (secondary N) is 1. The van der Waals surface area contributed by atoms with Crippen molar-refractivity contribution in [3.8, 4) is 0 Å². The third-order valence-electron chi connectivity index (χ3n) is 3.21. The van der Waals surface area contributed by atoms with Crippen molar-refractivity contribution in [2.75, 3.05) is 12.4 Å². The second kappa shape index (κ2) is 5.11. The van der Waals surface area contributed by atoms with E-state index in [0.29, 0.717) is 12.4 Å². The number of nitrogens with zero attached hydrogens (tertiary/aromatic N) is 1. The van der Waals surface area contributed by atoms with Crippen molar-refractivity contribution in [1.29, 1.82) is 0 Å². The molecular weight excluding hydrogens is 279 g/mol. The Morgan fingerprint density at radius 2 is 2.17 bits per heavy atom. The Bertz CT molecular complexity index is 532. The summed E-state index contributed by atoms with van der Waals surface area (Å²) in [5, 5.41) is 0. The highest BCUT2D eigenvalue weighted by Crippen LogP contribution is 2.48. The van der Waals surface area contributed by atoms with Crippen molar-refractivity contribution in [3.05, 3.63) is 24.3 Å².